The molecule has 74 valence electrons. The molecule has 0 bridgehead atoms. The van der Waals surface area contributed by atoms with Gasteiger partial charge in [-0.05, 0) is 42.9 Å². The van der Waals surface area contributed by atoms with E-state index in [9.17, 15) is 0 Å². The normalized spacial score (nSPS) is 14.8. The molecule has 1 aliphatic carbocycles. The minimum Gasteiger partial charge on any atom is -0.367 e. The summed E-state index contributed by atoms with van der Waals surface area (Å²) < 4.78 is 0. The van der Waals surface area contributed by atoms with Crippen LogP contribution in [-0.2, 0) is 12.8 Å². The van der Waals surface area contributed by atoms with Crippen LogP contribution in [-0.4, -0.2) is 11.0 Å². The molecule has 2 nitrogen and oxygen atoms in total. The van der Waals surface area contributed by atoms with Gasteiger partial charge in [0.15, 0.2) is 0 Å². The van der Waals surface area contributed by atoms with Gasteiger partial charge in [-0.2, -0.15) is 0 Å². The number of rotatable bonds is 0. The molecule has 1 aromatic rings. The molecule has 0 saturated heterocycles. The van der Waals surface area contributed by atoms with Crippen molar-refractivity contribution in [2.24, 2.45) is 5.73 Å². The van der Waals surface area contributed by atoms with Crippen LogP contribution in [0.3, 0.4) is 0 Å². The van der Waals surface area contributed by atoms with Crippen LogP contribution in [0.5, 0.6) is 0 Å². The van der Waals surface area contributed by atoms with Crippen molar-refractivity contribution in [3.05, 3.63) is 23.5 Å². The van der Waals surface area contributed by atoms with Gasteiger partial charge in [0.25, 0.3) is 0 Å². The third-order valence-corrected chi connectivity index (χ3v) is 2.07. The number of aromatic amines is 1. The van der Waals surface area contributed by atoms with Crippen LogP contribution in [0.2, 0.25) is 0 Å². The maximum Gasteiger partial charge on any atom is 0.00401 e. The quantitative estimate of drug-likeness (QED) is 0.631. The number of nitrogens with one attached hydrogen (secondary N) is 1. The first-order chi connectivity index (χ1) is 6.20. The smallest absolute Gasteiger partial charge is 0.00401 e. The van der Waals surface area contributed by atoms with E-state index in [0.717, 1.165) is 0 Å². The second-order valence-electron chi connectivity index (χ2n) is 3.96. The molecule has 1 heterocycles. The van der Waals surface area contributed by atoms with Gasteiger partial charge in [-0.25, -0.2) is 0 Å². The second kappa shape index (κ2) is 5.07. The summed E-state index contributed by atoms with van der Waals surface area (Å²) in [4.78, 5) is 3.14. The summed E-state index contributed by atoms with van der Waals surface area (Å²) in [6.07, 6.45) is 9.61. The molecular formula is C11H20N2. The van der Waals surface area contributed by atoms with Gasteiger partial charge in [0, 0.05) is 12.4 Å². The molecule has 3 N–H and O–H groups in total. The predicted octanol–water partition coefficient (Wildman–Crippen LogP) is 2.25. The van der Waals surface area contributed by atoms with Crippen LogP contribution >= 0.6 is 0 Å². The van der Waals surface area contributed by atoms with Gasteiger partial charge >= 0.3 is 0 Å². The maximum absolute atomic E-state index is 5.11. The Morgan fingerprint density at radius 3 is 1.92 bits per heavy atom. The van der Waals surface area contributed by atoms with Gasteiger partial charge in [0.1, 0.15) is 0 Å². The molecule has 0 aliphatic heterocycles. The lowest BCUT2D eigenvalue weighted by molar-refractivity contribution is 0.690. The Morgan fingerprint density at radius 2 is 1.54 bits per heavy atom. The van der Waals surface area contributed by atoms with Crippen molar-refractivity contribution in [3.63, 3.8) is 0 Å². The van der Waals surface area contributed by atoms with E-state index in [1.54, 1.807) is 11.1 Å². The topological polar surface area (TPSA) is 41.8 Å². The molecular weight excluding hydrogens is 160 g/mol. The molecule has 0 saturated carbocycles. The van der Waals surface area contributed by atoms with E-state index in [0.29, 0.717) is 6.04 Å². The standard InChI is InChI=1S/C8H11N.C3H9N/c1-2-4-8-6-9-5-7(8)3-1;1-3(2)4/h5-6,9H,1-4H2;3H,4H2,1-2H3. The van der Waals surface area contributed by atoms with Gasteiger partial charge in [-0.1, -0.05) is 13.8 Å². The molecule has 0 aromatic carbocycles. The number of hydrogen-bond donors (Lipinski definition) is 2. The minimum atomic E-state index is 0.333. The van der Waals surface area contributed by atoms with Crippen LogP contribution in [0.15, 0.2) is 12.4 Å². The minimum absolute atomic E-state index is 0.333. The van der Waals surface area contributed by atoms with Crippen molar-refractivity contribution in [3.8, 4) is 0 Å². The molecule has 0 radical (unpaired) electrons. The first-order valence-corrected chi connectivity index (χ1v) is 5.10. The van der Waals surface area contributed by atoms with Gasteiger partial charge in [-0.15, -0.1) is 0 Å². The van der Waals surface area contributed by atoms with Crippen LogP contribution in [0.1, 0.15) is 37.8 Å². The van der Waals surface area contributed by atoms with Crippen molar-refractivity contribution < 1.29 is 0 Å². The summed E-state index contributed by atoms with van der Waals surface area (Å²) >= 11 is 0. The first kappa shape index (κ1) is 10.3. The fraction of sp³-hybridized carbons (Fsp3) is 0.636. The molecule has 0 unspecified atom stereocenters. The zero-order valence-electron chi connectivity index (χ0n) is 8.64. The summed E-state index contributed by atoms with van der Waals surface area (Å²) in [5.41, 5.74) is 8.20. The van der Waals surface area contributed by atoms with E-state index in [2.05, 4.69) is 17.4 Å². The van der Waals surface area contributed by atoms with Gasteiger partial charge < -0.3 is 10.7 Å². The number of H-pyrrole nitrogens is 1. The largest absolute Gasteiger partial charge is 0.367 e. The van der Waals surface area contributed by atoms with Crippen molar-refractivity contribution in [2.75, 3.05) is 0 Å². The molecule has 0 spiro atoms. The Kier molecular flexibility index (Phi) is 4.03. The molecule has 2 heteroatoms. The molecule has 2 rings (SSSR count). The highest BCUT2D eigenvalue weighted by Gasteiger charge is 2.07. The highest BCUT2D eigenvalue weighted by molar-refractivity contribution is 5.25. The Balaban J connectivity index is 0.000000184. The molecule has 1 aromatic heterocycles. The number of aromatic nitrogens is 1. The molecule has 1 aliphatic rings. The summed E-state index contributed by atoms with van der Waals surface area (Å²) in [7, 11) is 0. The average Bonchev–Trinajstić information content (AvgIpc) is 2.49. The number of hydrogen-bond acceptors (Lipinski definition) is 1. The Bertz CT molecular complexity index is 215. The lowest BCUT2D eigenvalue weighted by atomic mass is 9.96. The van der Waals surface area contributed by atoms with Gasteiger partial charge in [0.05, 0.1) is 0 Å². The summed E-state index contributed by atoms with van der Waals surface area (Å²) in [5.74, 6) is 0. The third kappa shape index (κ3) is 3.64. The fourth-order valence-corrected chi connectivity index (χ4v) is 1.52. The van der Waals surface area contributed by atoms with Gasteiger partial charge in [0.2, 0.25) is 0 Å². The lowest BCUT2D eigenvalue weighted by Gasteiger charge is -2.08. The monoisotopic (exact) mass is 180 g/mol. The van der Waals surface area contributed by atoms with Crippen molar-refractivity contribution in [1.29, 1.82) is 0 Å². The maximum atomic E-state index is 5.11. The zero-order chi connectivity index (χ0) is 9.68. The second-order valence-corrected chi connectivity index (χ2v) is 3.96. The van der Waals surface area contributed by atoms with Crippen LogP contribution < -0.4 is 5.73 Å². The lowest BCUT2D eigenvalue weighted by Crippen LogP contribution is -2.06. The highest BCUT2D eigenvalue weighted by Crippen LogP contribution is 2.19. The van der Waals surface area contributed by atoms with Crippen LogP contribution in [0, 0.1) is 0 Å². The summed E-state index contributed by atoms with van der Waals surface area (Å²) in [6, 6.07) is 0.333. The van der Waals surface area contributed by atoms with E-state index in [-0.39, 0.29) is 0 Å². The first-order valence-electron chi connectivity index (χ1n) is 5.10. The summed E-state index contributed by atoms with van der Waals surface area (Å²) in [6.45, 7) is 3.89. The number of aryl methyl sites for hydroxylation is 2. The zero-order valence-corrected chi connectivity index (χ0v) is 8.64. The number of nitrogens with two attached hydrogens (primary N) is 1. The highest BCUT2D eigenvalue weighted by atomic mass is 14.6. The van der Waals surface area contributed by atoms with Crippen LogP contribution in [0.25, 0.3) is 0 Å². The van der Waals surface area contributed by atoms with Crippen molar-refractivity contribution >= 4 is 0 Å². The SMILES string of the molecule is CC(C)N.c1[nH]cc2c1CCCC2. The van der Waals surface area contributed by atoms with E-state index in [4.69, 9.17) is 5.73 Å². The molecule has 0 amide bonds. The van der Waals surface area contributed by atoms with E-state index in [1.807, 2.05) is 13.8 Å². The van der Waals surface area contributed by atoms with Crippen LogP contribution in [0.4, 0.5) is 0 Å². The average molecular weight is 180 g/mol. The molecule has 13 heavy (non-hydrogen) atoms. The van der Waals surface area contributed by atoms with E-state index in [1.165, 1.54) is 25.7 Å². The van der Waals surface area contributed by atoms with Crippen molar-refractivity contribution in [1.82, 2.24) is 4.98 Å². The molecule has 0 atom stereocenters. The van der Waals surface area contributed by atoms with E-state index >= 15 is 0 Å². The summed E-state index contributed by atoms with van der Waals surface area (Å²) in [5, 5.41) is 0. The van der Waals surface area contributed by atoms with E-state index < -0.39 is 0 Å². The van der Waals surface area contributed by atoms with Gasteiger partial charge in [-0.3, -0.25) is 0 Å². The third-order valence-electron chi connectivity index (χ3n) is 2.07. The fourth-order valence-electron chi connectivity index (χ4n) is 1.52. The number of fused-ring (bicyclic) bond motifs is 1. The Labute approximate surface area is 80.5 Å². The Hall–Kier alpha value is -0.760. The van der Waals surface area contributed by atoms with Crippen molar-refractivity contribution in [2.45, 2.75) is 45.6 Å². The Morgan fingerprint density at radius 1 is 1.15 bits per heavy atom. The molecule has 0 fully saturated rings. The predicted molar refractivity (Wildman–Crippen MR) is 56.8 cm³/mol.